The van der Waals surface area contributed by atoms with Crippen molar-refractivity contribution in [3.8, 4) is 11.3 Å². The molecule has 0 saturated carbocycles. The summed E-state index contributed by atoms with van der Waals surface area (Å²) in [6, 6.07) is 11.9. The molecule has 4 rings (SSSR count). The molecule has 0 aliphatic carbocycles. The number of pyridine rings is 1. The zero-order valence-electron chi connectivity index (χ0n) is 18.8. The van der Waals surface area contributed by atoms with Crippen molar-refractivity contribution in [1.82, 2.24) is 15.3 Å². The quantitative estimate of drug-likeness (QED) is 0.480. The van der Waals surface area contributed by atoms with Gasteiger partial charge >= 0.3 is 0 Å². The Labute approximate surface area is 198 Å². The second-order valence-corrected chi connectivity index (χ2v) is 9.06. The highest BCUT2D eigenvalue weighted by Crippen LogP contribution is 2.27. The maximum absolute atomic E-state index is 13.0. The van der Waals surface area contributed by atoms with E-state index in [1.54, 1.807) is 12.3 Å². The summed E-state index contributed by atoms with van der Waals surface area (Å²) in [5, 5.41) is 8.29. The van der Waals surface area contributed by atoms with Gasteiger partial charge in [-0.25, -0.2) is 9.97 Å². The minimum atomic E-state index is -0.181. The van der Waals surface area contributed by atoms with Crippen molar-refractivity contribution >= 4 is 34.1 Å². The first kappa shape index (κ1) is 22.9. The van der Waals surface area contributed by atoms with Gasteiger partial charge in [-0.15, -0.1) is 11.3 Å². The summed E-state index contributed by atoms with van der Waals surface area (Å²) in [5.41, 5.74) is 3.64. The first-order valence-corrected chi connectivity index (χ1v) is 12.3. The van der Waals surface area contributed by atoms with E-state index in [2.05, 4.69) is 37.6 Å². The molecule has 0 unspecified atom stereocenters. The SMILES string of the molecule is CC(=O)NCCCc1ccc(-c2csc(NC(=O)c3cccnc3N3CCCCC3)n2)cc1. The molecule has 1 aliphatic heterocycles. The first-order valence-electron chi connectivity index (χ1n) is 11.4. The Hall–Kier alpha value is -3.26. The fourth-order valence-electron chi connectivity index (χ4n) is 3.96. The number of carbonyl (C=O) groups is 2. The van der Waals surface area contributed by atoms with E-state index in [1.165, 1.54) is 30.2 Å². The number of amides is 2. The van der Waals surface area contributed by atoms with Crippen LogP contribution in [0.2, 0.25) is 0 Å². The summed E-state index contributed by atoms with van der Waals surface area (Å²) in [6.07, 6.45) is 7.03. The average molecular weight is 464 g/mol. The molecule has 3 heterocycles. The average Bonchev–Trinajstić information content (AvgIpc) is 3.31. The van der Waals surface area contributed by atoms with Crippen LogP contribution in [0.15, 0.2) is 48.0 Å². The fourth-order valence-corrected chi connectivity index (χ4v) is 4.67. The third kappa shape index (κ3) is 6.16. The molecule has 0 radical (unpaired) electrons. The standard InChI is InChI=1S/C25H29N5O2S/c1-18(31)26-13-5-7-19-9-11-20(12-10-19)22-17-33-25(28-22)29-24(32)21-8-6-14-27-23(21)30-15-3-2-4-16-30/h6,8-12,14,17H,2-5,7,13,15-16H2,1H3,(H,26,31)(H,28,29,32). The van der Waals surface area contributed by atoms with Crippen LogP contribution in [0.1, 0.15) is 48.5 Å². The van der Waals surface area contributed by atoms with Crippen LogP contribution in [0.4, 0.5) is 10.9 Å². The zero-order valence-corrected chi connectivity index (χ0v) is 19.7. The topological polar surface area (TPSA) is 87.2 Å². The lowest BCUT2D eigenvalue weighted by molar-refractivity contribution is -0.118. The maximum Gasteiger partial charge on any atom is 0.261 e. The Kier molecular flexibility index (Phi) is 7.67. The van der Waals surface area contributed by atoms with Crippen molar-refractivity contribution in [3.05, 3.63) is 59.1 Å². The molecule has 2 amide bonds. The molecule has 2 N–H and O–H groups in total. The third-order valence-corrected chi connectivity index (χ3v) is 6.44. The van der Waals surface area contributed by atoms with E-state index in [9.17, 15) is 9.59 Å². The van der Waals surface area contributed by atoms with Gasteiger partial charge in [-0.1, -0.05) is 24.3 Å². The molecule has 8 heteroatoms. The number of hydrogen-bond acceptors (Lipinski definition) is 6. The number of piperidine rings is 1. The van der Waals surface area contributed by atoms with Gasteiger partial charge in [-0.3, -0.25) is 14.9 Å². The summed E-state index contributed by atoms with van der Waals surface area (Å²) in [5.74, 6) is 0.572. The molecular weight excluding hydrogens is 434 g/mol. The monoisotopic (exact) mass is 463 g/mol. The van der Waals surface area contributed by atoms with E-state index >= 15 is 0 Å². The predicted octanol–water partition coefficient (Wildman–Crippen LogP) is 4.52. The molecule has 7 nitrogen and oxygen atoms in total. The highest BCUT2D eigenvalue weighted by molar-refractivity contribution is 7.14. The number of anilines is 2. The maximum atomic E-state index is 13.0. The van der Waals surface area contributed by atoms with Crippen LogP contribution in [-0.4, -0.2) is 41.4 Å². The van der Waals surface area contributed by atoms with Crippen molar-refractivity contribution < 1.29 is 9.59 Å². The van der Waals surface area contributed by atoms with Crippen LogP contribution in [0.5, 0.6) is 0 Å². The van der Waals surface area contributed by atoms with E-state index in [-0.39, 0.29) is 11.8 Å². The molecule has 1 saturated heterocycles. The Morgan fingerprint density at radius 2 is 1.88 bits per heavy atom. The van der Waals surface area contributed by atoms with Crippen LogP contribution < -0.4 is 15.5 Å². The van der Waals surface area contributed by atoms with Gasteiger partial charge < -0.3 is 10.2 Å². The van der Waals surface area contributed by atoms with Crippen molar-refractivity contribution in [1.29, 1.82) is 0 Å². The molecule has 0 bridgehead atoms. The lowest BCUT2D eigenvalue weighted by Gasteiger charge is -2.28. The smallest absolute Gasteiger partial charge is 0.261 e. The number of aromatic nitrogens is 2. The predicted molar refractivity (Wildman–Crippen MR) is 133 cm³/mol. The lowest BCUT2D eigenvalue weighted by Crippen LogP contribution is -2.32. The molecular formula is C25H29N5O2S. The number of carbonyl (C=O) groups excluding carboxylic acids is 2. The molecule has 1 aromatic carbocycles. The van der Waals surface area contributed by atoms with E-state index in [0.29, 0.717) is 17.2 Å². The summed E-state index contributed by atoms with van der Waals surface area (Å²) in [7, 11) is 0. The fraction of sp³-hybridized carbons (Fsp3) is 0.360. The lowest BCUT2D eigenvalue weighted by atomic mass is 10.1. The Morgan fingerprint density at radius 3 is 2.64 bits per heavy atom. The normalized spacial score (nSPS) is 13.5. The van der Waals surface area contributed by atoms with Crippen LogP contribution in [0, 0.1) is 0 Å². The molecule has 3 aromatic rings. The largest absolute Gasteiger partial charge is 0.356 e. The molecule has 0 atom stereocenters. The van der Waals surface area contributed by atoms with Crippen LogP contribution in [-0.2, 0) is 11.2 Å². The highest BCUT2D eigenvalue weighted by atomic mass is 32.1. The number of hydrogen-bond donors (Lipinski definition) is 2. The second kappa shape index (κ2) is 11.0. The number of nitrogens with zero attached hydrogens (tertiary/aromatic N) is 3. The van der Waals surface area contributed by atoms with Gasteiger partial charge in [0.25, 0.3) is 5.91 Å². The molecule has 1 fully saturated rings. The Morgan fingerprint density at radius 1 is 1.09 bits per heavy atom. The molecule has 1 aliphatic rings. The number of thiazole rings is 1. The van der Waals surface area contributed by atoms with Crippen molar-refractivity contribution in [2.24, 2.45) is 0 Å². The summed E-state index contributed by atoms with van der Waals surface area (Å²) < 4.78 is 0. The van der Waals surface area contributed by atoms with Crippen molar-refractivity contribution in [2.45, 2.75) is 39.0 Å². The number of rotatable bonds is 8. The van der Waals surface area contributed by atoms with Crippen LogP contribution in [0.25, 0.3) is 11.3 Å². The van der Waals surface area contributed by atoms with E-state index in [0.717, 1.165) is 55.8 Å². The summed E-state index contributed by atoms with van der Waals surface area (Å²) in [6.45, 7) is 4.08. The van der Waals surface area contributed by atoms with E-state index < -0.39 is 0 Å². The van der Waals surface area contributed by atoms with Crippen LogP contribution in [0.3, 0.4) is 0 Å². The second-order valence-electron chi connectivity index (χ2n) is 8.20. The van der Waals surface area contributed by atoms with E-state index in [1.807, 2.05) is 23.6 Å². The molecule has 0 spiro atoms. The molecule has 2 aromatic heterocycles. The van der Waals surface area contributed by atoms with Gasteiger partial charge in [0, 0.05) is 43.7 Å². The van der Waals surface area contributed by atoms with Crippen LogP contribution >= 0.6 is 11.3 Å². The van der Waals surface area contributed by atoms with Gasteiger partial charge in [0.2, 0.25) is 5.91 Å². The van der Waals surface area contributed by atoms with Gasteiger partial charge in [0.15, 0.2) is 5.13 Å². The Bertz CT molecular complexity index is 1090. The molecule has 172 valence electrons. The first-order chi connectivity index (χ1) is 16.1. The minimum absolute atomic E-state index is 0.00280. The van der Waals surface area contributed by atoms with Gasteiger partial charge in [-0.2, -0.15) is 0 Å². The van der Waals surface area contributed by atoms with Crippen molar-refractivity contribution in [2.75, 3.05) is 29.9 Å². The number of aryl methyl sites for hydroxylation is 1. The zero-order chi connectivity index (χ0) is 23.0. The van der Waals surface area contributed by atoms with Gasteiger partial charge in [0.1, 0.15) is 5.82 Å². The highest BCUT2D eigenvalue weighted by Gasteiger charge is 2.20. The number of nitrogens with one attached hydrogen (secondary N) is 2. The van der Waals surface area contributed by atoms with Crippen molar-refractivity contribution in [3.63, 3.8) is 0 Å². The van der Waals surface area contributed by atoms with Gasteiger partial charge in [-0.05, 0) is 49.8 Å². The molecule has 33 heavy (non-hydrogen) atoms. The number of benzene rings is 1. The minimum Gasteiger partial charge on any atom is -0.356 e. The van der Waals surface area contributed by atoms with Gasteiger partial charge in [0.05, 0.1) is 11.3 Å². The third-order valence-electron chi connectivity index (χ3n) is 5.68. The Balaban J connectivity index is 1.38. The summed E-state index contributed by atoms with van der Waals surface area (Å²) >= 11 is 1.42. The summed E-state index contributed by atoms with van der Waals surface area (Å²) in [4.78, 5) is 35.2. The van der Waals surface area contributed by atoms with E-state index in [4.69, 9.17) is 0 Å².